The Morgan fingerprint density at radius 1 is 1.43 bits per heavy atom. The molecule has 3 aromatic rings. The van der Waals surface area contributed by atoms with Crippen LogP contribution in [0.3, 0.4) is 0 Å². The molecule has 0 aliphatic heterocycles. The second-order valence-electron chi connectivity index (χ2n) is 5.26. The summed E-state index contributed by atoms with van der Waals surface area (Å²) in [5.41, 5.74) is 2.63. The van der Waals surface area contributed by atoms with Crippen LogP contribution in [0.1, 0.15) is 16.3 Å². The van der Waals surface area contributed by atoms with Gasteiger partial charge in [0.1, 0.15) is 11.3 Å². The van der Waals surface area contributed by atoms with Gasteiger partial charge in [-0.05, 0) is 19.1 Å². The molecule has 1 N–H and O–H groups in total. The first-order chi connectivity index (χ1) is 11.2. The van der Waals surface area contributed by atoms with Gasteiger partial charge in [0.05, 0.1) is 30.5 Å². The fraction of sp³-hybridized carbons (Fsp3) is 0.294. The number of hydrogen-bond donors (Lipinski definition) is 1. The number of thiazole rings is 1. The zero-order valence-electron chi connectivity index (χ0n) is 13.1. The highest BCUT2D eigenvalue weighted by molar-refractivity contribution is 7.09. The van der Waals surface area contributed by atoms with Crippen molar-refractivity contribution in [2.24, 2.45) is 0 Å². The number of methoxy groups -OCH3 is 1. The van der Waals surface area contributed by atoms with Crippen molar-refractivity contribution in [3.63, 3.8) is 0 Å². The van der Waals surface area contributed by atoms with Gasteiger partial charge in [-0.25, -0.2) is 4.98 Å². The van der Waals surface area contributed by atoms with Crippen LogP contribution in [0.15, 0.2) is 34.3 Å². The second kappa shape index (κ2) is 6.83. The molecule has 0 spiro atoms. The van der Waals surface area contributed by atoms with E-state index in [1.54, 1.807) is 24.7 Å². The van der Waals surface area contributed by atoms with Crippen LogP contribution in [0.4, 0.5) is 0 Å². The topological polar surface area (TPSA) is 64.4 Å². The summed E-state index contributed by atoms with van der Waals surface area (Å²) in [4.78, 5) is 16.5. The van der Waals surface area contributed by atoms with Crippen molar-refractivity contribution < 1.29 is 13.9 Å². The molecule has 0 aliphatic carbocycles. The smallest absolute Gasteiger partial charge is 0.224 e. The van der Waals surface area contributed by atoms with E-state index in [0.717, 1.165) is 39.4 Å². The van der Waals surface area contributed by atoms with Crippen LogP contribution < -0.4 is 10.1 Å². The van der Waals surface area contributed by atoms with Gasteiger partial charge in [0, 0.05) is 35.4 Å². The zero-order chi connectivity index (χ0) is 16.2. The quantitative estimate of drug-likeness (QED) is 0.754. The van der Waals surface area contributed by atoms with Crippen molar-refractivity contribution in [2.45, 2.75) is 19.8 Å². The first-order valence-corrected chi connectivity index (χ1v) is 8.25. The molecule has 23 heavy (non-hydrogen) atoms. The lowest BCUT2D eigenvalue weighted by atomic mass is 10.1. The molecule has 0 bridgehead atoms. The molecule has 5 nitrogen and oxygen atoms in total. The van der Waals surface area contributed by atoms with Crippen molar-refractivity contribution in [3.8, 4) is 5.75 Å². The number of furan rings is 1. The Balaban J connectivity index is 1.57. The monoisotopic (exact) mass is 330 g/mol. The molecule has 6 heteroatoms. The standard InChI is InChI=1S/C17H18N2O3S/c1-11-19-13(10-23-11)5-6-18-17(20)7-12-9-22-16-8-14(21-2)3-4-15(12)16/h3-4,8-10H,5-7H2,1-2H3,(H,18,20). The lowest BCUT2D eigenvalue weighted by Gasteiger charge is -2.03. The van der Waals surface area contributed by atoms with E-state index in [1.807, 2.05) is 30.5 Å². The van der Waals surface area contributed by atoms with Crippen LogP contribution in [0.25, 0.3) is 11.0 Å². The third-order valence-electron chi connectivity index (χ3n) is 3.58. The van der Waals surface area contributed by atoms with Crippen LogP contribution in [-0.2, 0) is 17.6 Å². The molecular weight excluding hydrogens is 312 g/mol. The van der Waals surface area contributed by atoms with E-state index >= 15 is 0 Å². The highest BCUT2D eigenvalue weighted by atomic mass is 32.1. The number of carbonyl (C=O) groups is 1. The molecule has 0 saturated carbocycles. The molecule has 0 unspecified atom stereocenters. The Labute approximate surface area is 138 Å². The van der Waals surface area contributed by atoms with Gasteiger partial charge in [0.2, 0.25) is 5.91 Å². The summed E-state index contributed by atoms with van der Waals surface area (Å²) >= 11 is 1.62. The van der Waals surface area contributed by atoms with E-state index in [9.17, 15) is 4.79 Å². The predicted octanol–water partition coefficient (Wildman–Crippen LogP) is 3.11. The van der Waals surface area contributed by atoms with Crippen molar-refractivity contribution in [3.05, 3.63) is 46.1 Å². The molecule has 0 fully saturated rings. The number of nitrogens with one attached hydrogen (secondary N) is 1. The summed E-state index contributed by atoms with van der Waals surface area (Å²) in [6.45, 7) is 2.57. The maximum atomic E-state index is 12.1. The summed E-state index contributed by atoms with van der Waals surface area (Å²) in [6, 6.07) is 5.60. The predicted molar refractivity (Wildman–Crippen MR) is 90.0 cm³/mol. The molecule has 0 radical (unpaired) electrons. The molecule has 2 aromatic heterocycles. The van der Waals surface area contributed by atoms with Gasteiger partial charge in [-0.1, -0.05) is 0 Å². The summed E-state index contributed by atoms with van der Waals surface area (Å²) < 4.78 is 10.7. The number of aromatic nitrogens is 1. The maximum absolute atomic E-state index is 12.1. The van der Waals surface area contributed by atoms with Gasteiger partial charge in [0.15, 0.2) is 0 Å². The van der Waals surface area contributed by atoms with E-state index in [0.29, 0.717) is 13.0 Å². The van der Waals surface area contributed by atoms with Gasteiger partial charge >= 0.3 is 0 Å². The van der Waals surface area contributed by atoms with E-state index in [2.05, 4.69) is 10.3 Å². The maximum Gasteiger partial charge on any atom is 0.224 e. The number of carbonyl (C=O) groups excluding carboxylic acids is 1. The molecule has 0 saturated heterocycles. The van der Waals surface area contributed by atoms with Gasteiger partial charge in [-0.3, -0.25) is 4.79 Å². The summed E-state index contributed by atoms with van der Waals surface area (Å²) in [7, 11) is 1.61. The number of amides is 1. The minimum absolute atomic E-state index is 0.0181. The Bertz CT molecular complexity index is 822. The van der Waals surface area contributed by atoms with Crippen LogP contribution in [0.2, 0.25) is 0 Å². The molecule has 3 rings (SSSR count). The van der Waals surface area contributed by atoms with Crippen LogP contribution in [0.5, 0.6) is 5.75 Å². The van der Waals surface area contributed by atoms with Crippen molar-refractivity contribution in [2.75, 3.05) is 13.7 Å². The Kier molecular flexibility index (Phi) is 4.62. The SMILES string of the molecule is COc1ccc2c(CC(=O)NCCc3csc(C)n3)coc2c1. The molecule has 1 amide bonds. The van der Waals surface area contributed by atoms with Gasteiger partial charge in [-0.2, -0.15) is 0 Å². The number of aryl methyl sites for hydroxylation is 1. The van der Waals surface area contributed by atoms with Crippen LogP contribution in [0, 0.1) is 6.92 Å². The van der Waals surface area contributed by atoms with E-state index in [-0.39, 0.29) is 5.91 Å². The highest BCUT2D eigenvalue weighted by Crippen LogP contribution is 2.25. The van der Waals surface area contributed by atoms with E-state index in [1.165, 1.54) is 0 Å². The van der Waals surface area contributed by atoms with E-state index < -0.39 is 0 Å². The number of fused-ring (bicyclic) bond motifs is 1. The molecular formula is C17H18N2O3S. The third-order valence-corrected chi connectivity index (χ3v) is 4.41. The first kappa shape index (κ1) is 15.6. The number of benzene rings is 1. The first-order valence-electron chi connectivity index (χ1n) is 7.37. The fourth-order valence-corrected chi connectivity index (χ4v) is 3.06. The van der Waals surface area contributed by atoms with Gasteiger partial charge < -0.3 is 14.5 Å². The lowest BCUT2D eigenvalue weighted by Crippen LogP contribution is -2.27. The van der Waals surface area contributed by atoms with E-state index in [4.69, 9.17) is 9.15 Å². The number of hydrogen-bond acceptors (Lipinski definition) is 5. The van der Waals surface area contributed by atoms with Crippen molar-refractivity contribution in [1.82, 2.24) is 10.3 Å². The summed E-state index contributed by atoms with van der Waals surface area (Å²) in [5, 5.41) is 6.94. The average molecular weight is 330 g/mol. The lowest BCUT2D eigenvalue weighted by molar-refractivity contribution is -0.120. The molecule has 120 valence electrons. The van der Waals surface area contributed by atoms with Gasteiger partial charge in [0.25, 0.3) is 0 Å². The average Bonchev–Trinajstić information content (AvgIpc) is 3.13. The van der Waals surface area contributed by atoms with Crippen molar-refractivity contribution in [1.29, 1.82) is 0 Å². The van der Waals surface area contributed by atoms with Crippen molar-refractivity contribution >= 4 is 28.2 Å². The minimum Gasteiger partial charge on any atom is -0.497 e. The zero-order valence-corrected chi connectivity index (χ0v) is 13.9. The van der Waals surface area contributed by atoms with Gasteiger partial charge in [-0.15, -0.1) is 11.3 Å². The Morgan fingerprint density at radius 2 is 2.30 bits per heavy atom. The largest absolute Gasteiger partial charge is 0.497 e. The fourth-order valence-electron chi connectivity index (χ4n) is 2.42. The van der Waals surface area contributed by atoms with Crippen LogP contribution in [-0.4, -0.2) is 24.5 Å². The number of ether oxygens (including phenoxy) is 1. The number of nitrogens with zero attached hydrogens (tertiary/aromatic N) is 1. The highest BCUT2D eigenvalue weighted by Gasteiger charge is 2.11. The molecule has 1 aromatic carbocycles. The summed E-state index contributed by atoms with van der Waals surface area (Å²) in [6.07, 6.45) is 2.68. The molecule has 0 aliphatic rings. The Hall–Kier alpha value is -2.34. The molecule has 0 atom stereocenters. The third kappa shape index (κ3) is 3.71. The minimum atomic E-state index is -0.0181. The van der Waals surface area contributed by atoms with Crippen LogP contribution >= 0.6 is 11.3 Å². The Morgan fingerprint density at radius 3 is 3.04 bits per heavy atom. The number of rotatable bonds is 6. The summed E-state index contributed by atoms with van der Waals surface area (Å²) in [5.74, 6) is 0.719. The molecule has 2 heterocycles. The second-order valence-corrected chi connectivity index (χ2v) is 6.32. The normalized spacial score (nSPS) is 10.9.